The summed E-state index contributed by atoms with van der Waals surface area (Å²) in [6.45, 7) is 0.614. The molecule has 30 heavy (non-hydrogen) atoms. The molecular weight excluding hydrogens is 444 g/mol. The summed E-state index contributed by atoms with van der Waals surface area (Å²) in [4.78, 5) is 29.0. The van der Waals surface area contributed by atoms with Crippen LogP contribution < -0.4 is 14.8 Å². The maximum atomic E-state index is 12.4. The van der Waals surface area contributed by atoms with Crippen molar-refractivity contribution in [2.24, 2.45) is 0 Å². The first-order valence-electron chi connectivity index (χ1n) is 9.08. The Labute approximate surface area is 186 Å². The second kappa shape index (κ2) is 9.51. The molecule has 0 bridgehead atoms. The lowest BCUT2D eigenvalue weighted by molar-refractivity contribution is -0.120. The number of thiazole rings is 1. The third-order valence-corrected chi connectivity index (χ3v) is 6.62. The van der Waals surface area contributed by atoms with Crippen LogP contribution in [0.25, 0.3) is 0 Å². The van der Waals surface area contributed by atoms with Gasteiger partial charge in [-0.25, -0.2) is 4.98 Å². The average molecular weight is 461 g/mol. The second-order valence-electron chi connectivity index (χ2n) is 6.46. The number of amides is 1. The number of hydrogen-bond donors (Lipinski definition) is 1. The number of benzene rings is 2. The number of carbonyl (C=O) groups excluding carboxylic acids is 2. The standard InChI is InChI=1S/C21H17ClN2O4S2/c22-15-4-1-13(2-5-15)9-23-20(26)8-16-10-29-21(24-16)30-11-17(25)14-3-6-18-19(7-14)28-12-27-18/h1-7,10H,8-9,11-12H2,(H,23,26). The molecule has 3 aromatic rings. The van der Waals surface area contributed by atoms with Crippen LogP contribution in [0.3, 0.4) is 0 Å². The monoisotopic (exact) mass is 460 g/mol. The van der Waals surface area contributed by atoms with Crippen molar-refractivity contribution in [3.8, 4) is 11.5 Å². The van der Waals surface area contributed by atoms with Gasteiger partial charge in [0.2, 0.25) is 12.7 Å². The highest BCUT2D eigenvalue weighted by Crippen LogP contribution is 2.33. The molecule has 154 valence electrons. The van der Waals surface area contributed by atoms with Gasteiger partial charge in [-0.3, -0.25) is 9.59 Å². The first-order chi connectivity index (χ1) is 14.6. The van der Waals surface area contributed by atoms with E-state index in [-0.39, 0.29) is 30.7 Å². The van der Waals surface area contributed by atoms with Gasteiger partial charge in [0.05, 0.1) is 17.9 Å². The highest BCUT2D eigenvalue weighted by atomic mass is 35.5. The van der Waals surface area contributed by atoms with Crippen LogP contribution in [0.4, 0.5) is 0 Å². The Kier molecular flexibility index (Phi) is 6.56. The maximum absolute atomic E-state index is 12.4. The van der Waals surface area contributed by atoms with E-state index < -0.39 is 0 Å². The van der Waals surface area contributed by atoms with E-state index >= 15 is 0 Å². The lowest BCUT2D eigenvalue weighted by Gasteiger charge is -2.04. The number of nitrogens with zero attached hydrogens (tertiary/aromatic N) is 1. The predicted octanol–water partition coefficient (Wildman–Crippen LogP) is 4.36. The zero-order valence-corrected chi connectivity index (χ0v) is 18.1. The molecule has 0 spiro atoms. The van der Waals surface area contributed by atoms with Gasteiger partial charge in [0.15, 0.2) is 21.6 Å². The third-order valence-electron chi connectivity index (χ3n) is 4.30. The fraction of sp³-hybridized carbons (Fsp3) is 0.190. The number of carbonyl (C=O) groups is 2. The Balaban J connectivity index is 1.25. The summed E-state index contributed by atoms with van der Waals surface area (Å²) >= 11 is 8.64. The predicted molar refractivity (Wildman–Crippen MR) is 117 cm³/mol. The molecule has 0 saturated carbocycles. The lowest BCUT2D eigenvalue weighted by atomic mass is 10.1. The van der Waals surface area contributed by atoms with E-state index in [9.17, 15) is 9.59 Å². The highest BCUT2D eigenvalue weighted by molar-refractivity contribution is 8.01. The molecule has 1 aliphatic heterocycles. The third kappa shape index (κ3) is 5.33. The summed E-state index contributed by atoms with van der Waals surface area (Å²) < 4.78 is 11.3. The number of aromatic nitrogens is 1. The molecule has 0 atom stereocenters. The van der Waals surface area contributed by atoms with Crippen molar-refractivity contribution in [3.63, 3.8) is 0 Å². The van der Waals surface area contributed by atoms with Crippen LogP contribution in [0.15, 0.2) is 52.2 Å². The molecule has 2 heterocycles. The Hall–Kier alpha value is -2.55. The van der Waals surface area contributed by atoms with Crippen LogP contribution in [-0.2, 0) is 17.8 Å². The van der Waals surface area contributed by atoms with Crippen LogP contribution in [-0.4, -0.2) is 29.2 Å². The largest absolute Gasteiger partial charge is 0.454 e. The smallest absolute Gasteiger partial charge is 0.231 e. The number of nitrogens with one attached hydrogen (secondary N) is 1. The molecule has 6 nitrogen and oxygen atoms in total. The van der Waals surface area contributed by atoms with E-state index in [1.165, 1.54) is 23.1 Å². The molecule has 1 amide bonds. The minimum atomic E-state index is -0.108. The van der Waals surface area contributed by atoms with Gasteiger partial charge in [-0.15, -0.1) is 11.3 Å². The molecule has 1 aromatic heterocycles. The first kappa shape index (κ1) is 20.7. The molecule has 0 radical (unpaired) electrons. The molecule has 4 rings (SSSR count). The van der Waals surface area contributed by atoms with Crippen molar-refractivity contribution in [1.82, 2.24) is 10.3 Å². The zero-order chi connectivity index (χ0) is 20.9. The summed E-state index contributed by atoms with van der Waals surface area (Å²) in [7, 11) is 0. The number of ketones is 1. The number of hydrogen-bond acceptors (Lipinski definition) is 7. The van der Waals surface area contributed by atoms with Gasteiger partial charge in [0.1, 0.15) is 0 Å². The number of thioether (sulfide) groups is 1. The zero-order valence-electron chi connectivity index (χ0n) is 15.7. The summed E-state index contributed by atoms with van der Waals surface area (Å²) in [6, 6.07) is 12.5. The summed E-state index contributed by atoms with van der Waals surface area (Å²) in [6.07, 6.45) is 0.195. The van der Waals surface area contributed by atoms with Crippen LogP contribution in [0.2, 0.25) is 5.02 Å². The minimum Gasteiger partial charge on any atom is -0.454 e. The minimum absolute atomic E-state index is 0.0178. The Bertz CT molecular complexity index is 1070. The van der Waals surface area contributed by atoms with Gasteiger partial charge in [-0.05, 0) is 35.9 Å². The van der Waals surface area contributed by atoms with Crippen LogP contribution in [0.5, 0.6) is 11.5 Å². The van der Waals surface area contributed by atoms with E-state index in [4.69, 9.17) is 21.1 Å². The van der Waals surface area contributed by atoms with Crippen molar-refractivity contribution in [2.45, 2.75) is 17.3 Å². The summed E-state index contributed by atoms with van der Waals surface area (Å²) in [5.41, 5.74) is 2.24. The van der Waals surface area contributed by atoms with E-state index in [2.05, 4.69) is 10.3 Å². The van der Waals surface area contributed by atoms with E-state index in [0.717, 1.165) is 9.90 Å². The molecule has 9 heteroatoms. The van der Waals surface area contributed by atoms with Crippen molar-refractivity contribution in [1.29, 1.82) is 0 Å². The van der Waals surface area contributed by atoms with E-state index in [1.54, 1.807) is 30.3 Å². The number of ether oxygens (including phenoxy) is 2. The normalized spacial score (nSPS) is 12.0. The summed E-state index contributed by atoms with van der Waals surface area (Å²) in [5.74, 6) is 1.37. The van der Waals surface area contributed by atoms with Gasteiger partial charge < -0.3 is 14.8 Å². The van der Waals surface area contributed by atoms with Crippen LogP contribution >= 0.6 is 34.7 Å². The van der Waals surface area contributed by atoms with Crippen LogP contribution in [0.1, 0.15) is 21.6 Å². The molecule has 1 N–H and O–H groups in total. The van der Waals surface area contributed by atoms with Crippen molar-refractivity contribution < 1.29 is 19.1 Å². The topological polar surface area (TPSA) is 77.5 Å². The lowest BCUT2D eigenvalue weighted by Crippen LogP contribution is -2.24. The van der Waals surface area contributed by atoms with Crippen molar-refractivity contribution in [3.05, 3.63) is 69.7 Å². The molecule has 1 aliphatic rings. The van der Waals surface area contributed by atoms with Gasteiger partial charge >= 0.3 is 0 Å². The molecule has 2 aromatic carbocycles. The molecule has 0 aliphatic carbocycles. The Morgan fingerprint density at radius 3 is 2.77 bits per heavy atom. The highest BCUT2D eigenvalue weighted by Gasteiger charge is 2.17. The number of fused-ring (bicyclic) bond motifs is 1. The van der Waals surface area contributed by atoms with Crippen molar-refractivity contribution in [2.75, 3.05) is 12.5 Å². The fourth-order valence-corrected chi connectivity index (χ4v) is 4.61. The number of Topliss-reactive ketones (excluding diaryl/α,β-unsaturated/α-hetero) is 1. The van der Waals surface area contributed by atoms with Crippen molar-refractivity contribution >= 4 is 46.4 Å². The van der Waals surface area contributed by atoms with Gasteiger partial charge in [0.25, 0.3) is 0 Å². The molecule has 0 saturated heterocycles. The van der Waals surface area contributed by atoms with Crippen LogP contribution in [0, 0.1) is 0 Å². The first-order valence-corrected chi connectivity index (χ1v) is 11.3. The SMILES string of the molecule is O=C(Cc1csc(SCC(=O)c2ccc3c(c2)OCO3)n1)NCc1ccc(Cl)cc1. The van der Waals surface area contributed by atoms with Gasteiger partial charge in [-0.1, -0.05) is 35.5 Å². The molecule has 0 unspecified atom stereocenters. The Morgan fingerprint density at radius 2 is 1.93 bits per heavy atom. The van der Waals surface area contributed by atoms with E-state index in [1.807, 2.05) is 17.5 Å². The molecule has 0 fully saturated rings. The summed E-state index contributed by atoms with van der Waals surface area (Å²) in [5, 5.41) is 5.37. The molecular formula is C21H17ClN2O4S2. The van der Waals surface area contributed by atoms with E-state index in [0.29, 0.717) is 34.3 Å². The van der Waals surface area contributed by atoms with Gasteiger partial charge in [0, 0.05) is 22.5 Å². The average Bonchev–Trinajstić information content (AvgIpc) is 3.40. The maximum Gasteiger partial charge on any atom is 0.231 e. The second-order valence-corrected chi connectivity index (χ2v) is 8.98. The Morgan fingerprint density at radius 1 is 1.13 bits per heavy atom. The number of halogens is 1. The fourth-order valence-electron chi connectivity index (χ4n) is 2.75. The number of rotatable bonds is 8. The quantitative estimate of drug-likeness (QED) is 0.397. The van der Waals surface area contributed by atoms with Gasteiger partial charge in [-0.2, -0.15) is 0 Å².